The van der Waals surface area contributed by atoms with Gasteiger partial charge in [-0.1, -0.05) is 6.07 Å². The number of halogens is 5. The van der Waals surface area contributed by atoms with Gasteiger partial charge in [-0.3, -0.25) is 0 Å². The molecular weight excluding hydrogens is 355 g/mol. The van der Waals surface area contributed by atoms with E-state index in [0.29, 0.717) is 13.0 Å². The summed E-state index contributed by atoms with van der Waals surface area (Å²) in [5.74, 6) is -6.72. The maximum atomic E-state index is 14.0. The van der Waals surface area contributed by atoms with Crippen LogP contribution in [0, 0.1) is 11.6 Å². The highest BCUT2D eigenvalue weighted by Crippen LogP contribution is 2.52. The molecule has 0 amide bonds. The molecule has 1 N–H and O–H groups in total. The lowest BCUT2D eigenvalue weighted by atomic mass is 9.83. The summed E-state index contributed by atoms with van der Waals surface area (Å²) in [5, 5.41) is 9.29. The molecule has 1 saturated heterocycles. The van der Waals surface area contributed by atoms with Gasteiger partial charge in [-0.05, 0) is 13.0 Å². The smallest absolute Gasteiger partial charge is 0.419 e. The molecular formula is C15H15F5O5. The number of alkyl halides is 3. The van der Waals surface area contributed by atoms with E-state index in [2.05, 4.69) is 0 Å². The average Bonchev–Trinajstić information content (AvgIpc) is 2.83. The van der Waals surface area contributed by atoms with Crippen LogP contribution in [0.4, 0.5) is 22.0 Å². The van der Waals surface area contributed by atoms with Gasteiger partial charge < -0.3 is 19.3 Å². The predicted octanol–water partition coefficient (Wildman–Crippen LogP) is 2.88. The molecule has 0 aliphatic carbocycles. The third kappa shape index (κ3) is 2.93. The topological polar surface area (TPSA) is 65.0 Å². The number of benzene rings is 1. The molecule has 1 aliphatic heterocycles. The lowest BCUT2D eigenvalue weighted by molar-refractivity contribution is -0.284. The van der Waals surface area contributed by atoms with Gasteiger partial charge in [0.2, 0.25) is 5.82 Å². The first-order valence-corrected chi connectivity index (χ1v) is 7.01. The first-order valence-electron chi connectivity index (χ1n) is 7.01. The molecule has 0 saturated carbocycles. The molecule has 10 heteroatoms. The largest absolute Gasteiger partial charge is 0.493 e. The van der Waals surface area contributed by atoms with Crippen molar-refractivity contribution in [2.45, 2.75) is 36.8 Å². The summed E-state index contributed by atoms with van der Waals surface area (Å²) in [7, 11) is 1.93. The minimum absolute atomic E-state index is 0.298. The van der Waals surface area contributed by atoms with Gasteiger partial charge in [0.25, 0.3) is 0 Å². The zero-order valence-electron chi connectivity index (χ0n) is 13.4. The molecule has 2 rings (SSSR count). The Hall–Kier alpha value is -1.94. The van der Waals surface area contributed by atoms with Crippen LogP contribution in [0.25, 0.3) is 0 Å². The molecule has 0 radical (unpaired) electrons. The lowest BCUT2D eigenvalue weighted by Gasteiger charge is -2.33. The number of carbonyl (C=O) groups is 1. The Bertz CT molecular complexity index is 677. The summed E-state index contributed by atoms with van der Waals surface area (Å²) >= 11 is 0. The Morgan fingerprint density at radius 3 is 2.32 bits per heavy atom. The Kier molecular flexibility index (Phi) is 4.97. The minimum atomic E-state index is -4.97. The Balaban J connectivity index is 2.69. The second kappa shape index (κ2) is 6.41. The third-order valence-electron chi connectivity index (χ3n) is 4.27. The number of ether oxygens (including phenoxy) is 3. The molecule has 1 aliphatic rings. The van der Waals surface area contributed by atoms with Crippen molar-refractivity contribution >= 4 is 5.97 Å². The highest BCUT2D eigenvalue weighted by Gasteiger charge is 2.68. The highest BCUT2D eigenvalue weighted by atomic mass is 19.4. The number of hydrogen-bond acceptors (Lipinski definition) is 4. The number of rotatable bonds is 4. The van der Waals surface area contributed by atoms with Crippen molar-refractivity contribution in [1.82, 2.24) is 0 Å². The summed E-state index contributed by atoms with van der Waals surface area (Å²) in [6.45, 7) is 0.642. The molecule has 25 heavy (non-hydrogen) atoms. The maximum absolute atomic E-state index is 14.0. The van der Waals surface area contributed by atoms with Crippen molar-refractivity contribution in [1.29, 1.82) is 0 Å². The molecule has 1 fully saturated rings. The van der Waals surface area contributed by atoms with Crippen molar-refractivity contribution in [3.63, 3.8) is 0 Å². The van der Waals surface area contributed by atoms with Gasteiger partial charge in [0.1, 0.15) is 6.10 Å². The van der Waals surface area contributed by atoms with E-state index in [-0.39, 0.29) is 5.56 Å². The standard InChI is InChI=1S/C15H15F5O5/c1-14(15(18,19)20)12(24-3)8(11(25-14)13(21)22)6-4-5-7(16)9(17)10(6)23-2/h4-5,8,11-12H,1-3H3,(H,21,22)/t8-,11+,12-,14+/m0/s1. The highest BCUT2D eigenvalue weighted by molar-refractivity contribution is 5.75. The van der Waals surface area contributed by atoms with Crippen molar-refractivity contribution < 1.29 is 46.1 Å². The number of carboxylic acid groups (broad SMARTS) is 1. The van der Waals surface area contributed by atoms with E-state index in [0.717, 1.165) is 20.3 Å². The fourth-order valence-corrected chi connectivity index (χ4v) is 3.05. The van der Waals surface area contributed by atoms with Crippen molar-refractivity contribution in [2.75, 3.05) is 14.2 Å². The van der Waals surface area contributed by atoms with Crippen LogP contribution >= 0.6 is 0 Å². The fraction of sp³-hybridized carbons (Fsp3) is 0.533. The van der Waals surface area contributed by atoms with E-state index in [1.807, 2.05) is 0 Å². The Morgan fingerprint density at radius 1 is 1.28 bits per heavy atom. The molecule has 1 heterocycles. The molecule has 140 valence electrons. The summed E-state index contributed by atoms with van der Waals surface area (Å²) in [5.41, 5.74) is -3.26. The molecule has 5 nitrogen and oxygen atoms in total. The summed E-state index contributed by atoms with van der Waals surface area (Å²) in [6.07, 6.45) is -8.80. The van der Waals surface area contributed by atoms with Gasteiger partial charge in [-0.25, -0.2) is 9.18 Å². The summed E-state index contributed by atoms with van der Waals surface area (Å²) in [4.78, 5) is 11.5. The first kappa shape index (κ1) is 19.4. The van der Waals surface area contributed by atoms with Crippen LogP contribution in [0.3, 0.4) is 0 Å². The minimum Gasteiger partial charge on any atom is -0.493 e. The molecule has 4 atom stereocenters. The van der Waals surface area contributed by atoms with E-state index >= 15 is 0 Å². The van der Waals surface area contributed by atoms with E-state index in [4.69, 9.17) is 14.2 Å². The van der Waals surface area contributed by atoms with Gasteiger partial charge >= 0.3 is 12.1 Å². The predicted molar refractivity (Wildman–Crippen MR) is 73.4 cm³/mol. The lowest BCUT2D eigenvalue weighted by Crippen LogP contribution is -2.51. The van der Waals surface area contributed by atoms with Crippen LogP contribution in [0.2, 0.25) is 0 Å². The van der Waals surface area contributed by atoms with Gasteiger partial charge in [-0.2, -0.15) is 17.6 Å². The van der Waals surface area contributed by atoms with Gasteiger partial charge in [0.05, 0.1) is 13.0 Å². The second-order valence-corrected chi connectivity index (χ2v) is 5.65. The SMILES string of the molecule is COc1c([C@H]2[C@H](C(=O)O)O[C@@](C)(C(F)(F)F)[C@H]2OC)ccc(F)c1F. The number of aliphatic carboxylic acids is 1. The first-order chi connectivity index (χ1) is 11.5. The average molecular weight is 370 g/mol. The number of methoxy groups -OCH3 is 2. The van der Waals surface area contributed by atoms with E-state index in [9.17, 15) is 31.9 Å². The Labute approximate surface area is 139 Å². The van der Waals surface area contributed by atoms with E-state index < -0.39 is 53.3 Å². The van der Waals surface area contributed by atoms with Gasteiger partial charge in [-0.15, -0.1) is 0 Å². The second-order valence-electron chi connectivity index (χ2n) is 5.65. The van der Waals surface area contributed by atoms with Crippen LogP contribution < -0.4 is 4.74 Å². The van der Waals surface area contributed by atoms with Gasteiger partial charge in [0.15, 0.2) is 23.3 Å². The quantitative estimate of drug-likeness (QED) is 0.826. The molecule has 0 spiro atoms. The van der Waals surface area contributed by atoms with Crippen LogP contribution in [0.5, 0.6) is 5.75 Å². The van der Waals surface area contributed by atoms with Crippen LogP contribution in [0.15, 0.2) is 12.1 Å². The zero-order valence-corrected chi connectivity index (χ0v) is 13.4. The van der Waals surface area contributed by atoms with Crippen LogP contribution in [-0.4, -0.2) is 49.3 Å². The maximum Gasteiger partial charge on any atom is 0.419 e. The van der Waals surface area contributed by atoms with Crippen molar-refractivity contribution in [3.05, 3.63) is 29.3 Å². The number of carboxylic acids is 1. The Morgan fingerprint density at radius 2 is 1.88 bits per heavy atom. The summed E-state index contributed by atoms with van der Waals surface area (Å²) in [6, 6.07) is 1.62. The monoisotopic (exact) mass is 370 g/mol. The molecule has 1 aromatic rings. The third-order valence-corrected chi connectivity index (χ3v) is 4.27. The molecule has 0 unspecified atom stereocenters. The normalized spacial score (nSPS) is 29.7. The van der Waals surface area contributed by atoms with Crippen LogP contribution in [-0.2, 0) is 14.3 Å². The van der Waals surface area contributed by atoms with Gasteiger partial charge in [0, 0.05) is 12.7 Å². The fourth-order valence-electron chi connectivity index (χ4n) is 3.05. The van der Waals surface area contributed by atoms with E-state index in [1.54, 1.807) is 0 Å². The van der Waals surface area contributed by atoms with Crippen molar-refractivity contribution in [2.24, 2.45) is 0 Å². The molecule has 0 aromatic heterocycles. The molecule has 1 aromatic carbocycles. The van der Waals surface area contributed by atoms with Crippen molar-refractivity contribution in [3.8, 4) is 5.75 Å². The number of hydrogen-bond donors (Lipinski definition) is 1. The molecule has 0 bridgehead atoms. The zero-order chi connectivity index (χ0) is 19.2. The van der Waals surface area contributed by atoms with E-state index in [1.165, 1.54) is 0 Å². The summed E-state index contributed by atoms with van der Waals surface area (Å²) < 4.78 is 82.2. The van der Waals surface area contributed by atoms with Crippen LogP contribution in [0.1, 0.15) is 18.4 Å².